The molecule has 0 radical (unpaired) electrons. The van der Waals surface area contributed by atoms with Gasteiger partial charge in [0.05, 0.1) is 6.10 Å². The molecule has 0 saturated heterocycles. The van der Waals surface area contributed by atoms with Crippen LogP contribution in [0.15, 0.2) is 18.2 Å². The quantitative estimate of drug-likeness (QED) is 0.837. The Morgan fingerprint density at radius 2 is 2.20 bits per heavy atom. The normalized spacial score (nSPS) is 15.0. The molecule has 0 fully saturated rings. The molecule has 2 nitrogen and oxygen atoms in total. The van der Waals surface area contributed by atoms with Crippen molar-refractivity contribution < 1.29 is 9.50 Å². The highest BCUT2D eigenvalue weighted by Crippen LogP contribution is 2.27. The van der Waals surface area contributed by atoms with Crippen molar-refractivity contribution in [1.29, 1.82) is 0 Å². The predicted molar refractivity (Wildman–Crippen MR) is 59.2 cm³/mol. The summed E-state index contributed by atoms with van der Waals surface area (Å²) in [7, 11) is 0. The van der Waals surface area contributed by atoms with Crippen molar-refractivity contribution in [2.45, 2.75) is 19.4 Å². The average molecular weight is 232 g/mol. The summed E-state index contributed by atoms with van der Waals surface area (Å²) in [5, 5.41) is 10.2. The first-order valence-electron chi connectivity index (χ1n) is 4.93. The molecular weight excluding hydrogens is 217 g/mol. The molecule has 0 aromatic heterocycles. The maximum absolute atomic E-state index is 13.4. The molecule has 0 heterocycles. The van der Waals surface area contributed by atoms with Gasteiger partial charge in [-0.05, 0) is 25.1 Å². The van der Waals surface area contributed by atoms with Crippen LogP contribution < -0.4 is 5.73 Å². The minimum absolute atomic E-state index is 0.124. The van der Waals surface area contributed by atoms with Crippen LogP contribution in [0, 0.1) is 11.7 Å². The third-order valence-electron chi connectivity index (χ3n) is 2.55. The average Bonchev–Trinajstić information content (AvgIpc) is 2.19. The van der Waals surface area contributed by atoms with Gasteiger partial charge in [0.1, 0.15) is 5.82 Å². The van der Waals surface area contributed by atoms with Gasteiger partial charge in [-0.3, -0.25) is 0 Å². The Balaban J connectivity index is 2.94. The number of hydrogen-bond donors (Lipinski definition) is 2. The van der Waals surface area contributed by atoms with Crippen LogP contribution in [0.25, 0.3) is 0 Å². The summed E-state index contributed by atoms with van der Waals surface area (Å²) in [6, 6.07) is 4.26. The molecule has 2 unspecified atom stereocenters. The minimum Gasteiger partial charge on any atom is -0.388 e. The molecule has 2 atom stereocenters. The molecule has 0 saturated carbocycles. The maximum Gasteiger partial charge on any atom is 0.130 e. The van der Waals surface area contributed by atoms with Crippen molar-refractivity contribution in [3.05, 3.63) is 34.6 Å². The largest absolute Gasteiger partial charge is 0.388 e. The lowest BCUT2D eigenvalue weighted by Crippen LogP contribution is -2.22. The van der Waals surface area contributed by atoms with Gasteiger partial charge in [0, 0.05) is 16.5 Å². The third kappa shape index (κ3) is 2.91. The van der Waals surface area contributed by atoms with Crippen LogP contribution in [0.4, 0.5) is 4.39 Å². The summed E-state index contributed by atoms with van der Waals surface area (Å²) in [5.74, 6) is -0.609. The molecule has 84 valence electrons. The van der Waals surface area contributed by atoms with Crippen LogP contribution in [0.2, 0.25) is 5.02 Å². The topological polar surface area (TPSA) is 46.2 Å². The summed E-state index contributed by atoms with van der Waals surface area (Å²) in [4.78, 5) is 0. The van der Waals surface area contributed by atoms with E-state index in [9.17, 15) is 9.50 Å². The van der Waals surface area contributed by atoms with E-state index in [4.69, 9.17) is 17.3 Å². The Labute approximate surface area is 93.9 Å². The van der Waals surface area contributed by atoms with Crippen molar-refractivity contribution in [3.63, 3.8) is 0 Å². The number of nitrogens with two attached hydrogens (primary N) is 1. The summed E-state index contributed by atoms with van der Waals surface area (Å²) in [6.45, 7) is 2.24. The van der Waals surface area contributed by atoms with Gasteiger partial charge in [-0.25, -0.2) is 4.39 Å². The third-order valence-corrected chi connectivity index (χ3v) is 2.79. The number of rotatable bonds is 4. The van der Waals surface area contributed by atoms with Gasteiger partial charge in [0.15, 0.2) is 0 Å². The van der Waals surface area contributed by atoms with Gasteiger partial charge in [0.2, 0.25) is 0 Å². The van der Waals surface area contributed by atoms with Crippen LogP contribution in [-0.2, 0) is 0 Å². The van der Waals surface area contributed by atoms with Crippen LogP contribution in [0.1, 0.15) is 25.0 Å². The highest BCUT2D eigenvalue weighted by molar-refractivity contribution is 6.30. The van der Waals surface area contributed by atoms with E-state index >= 15 is 0 Å². The molecule has 1 aromatic rings. The number of halogens is 2. The van der Waals surface area contributed by atoms with Crippen LogP contribution in [0.5, 0.6) is 0 Å². The number of benzene rings is 1. The number of aliphatic hydroxyl groups excluding tert-OH is 1. The molecule has 0 bridgehead atoms. The van der Waals surface area contributed by atoms with E-state index in [1.165, 1.54) is 12.1 Å². The fraction of sp³-hybridized carbons (Fsp3) is 0.455. The second-order valence-corrected chi connectivity index (χ2v) is 3.95. The number of hydrogen-bond acceptors (Lipinski definition) is 2. The summed E-state index contributed by atoms with van der Waals surface area (Å²) in [5.41, 5.74) is 5.75. The van der Waals surface area contributed by atoms with Gasteiger partial charge in [-0.15, -0.1) is 0 Å². The minimum atomic E-state index is -0.864. The Kier molecular flexibility index (Phi) is 4.51. The van der Waals surface area contributed by atoms with E-state index in [0.29, 0.717) is 18.0 Å². The molecule has 0 aliphatic heterocycles. The summed E-state index contributed by atoms with van der Waals surface area (Å²) in [6.07, 6.45) is -0.156. The highest BCUT2D eigenvalue weighted by atomic mass is 35.5. The Hall–Kier alpha value is -0.640. The van der Waals surface area contributed by atoms with Gasteiger partial charge >= 0.3 is 0 Å². The standard InChI is InChI=1S/C11H15ClFNO/c1-2-7(6-14)11(15)9-4-3-8(12)5-10(9)13/h3-5,7,11,15H,2,6,14H2,1H3. The smallest absolute Gasteiger partial charge is 0.130 e. The Morgan fingerprint density at radius 3 is 2.67 bits per heavy atom. The second-order valence-electron chi connectivity index (χ2n) is 3.51. The van der Waals surface area contributed by atoms with Gasteiger partial charge in [0.25, 0.3) is 0 Å². The van der Waals surface area contributed by atoms with Gasteiger partial charge in [-0.1, -0.05) is 24.6 Å². The lowest BCUT2D eigenvalue weighted by atomic mass is 9.93. The van der Waals surface area contributed by atoms with E-state index in [0.717, 1.165) is 0 Å². The van der Waals surface area contributed by atoms with Crippen molar-refractivity contribution in [2.75, 3.05) is 6.54 Å². The molecule has 0 amide bonds. The van der Waals surface area contributed by atoms with Crippen molar-refractivity contribution >= 4 is 11.6 Å². The molecule has 3 N–H and O–H groups in total. The monoisotopic (exact) mass is 231 g/mol. The predicted octanol–water partition coefficient (Wildman–Crippen LogP) is 2.50. The van der Waals surface area contributed by atoms with E-state index in [-0.39, 0.29) is 11.5 Å². The van der Waals surface area contributed by atoms with Crippen molar-refractivity contribution in [1.82, 2.24) is 0 Å². The molecule has 0 aliphatic rings. The zero-order valence-electron chi connectivity index (χ0n) is 8.58. The van der Waals surface area contributed by atoms with Crippen molar-refractivity contribution in [3.8, 4) is 0 Å². The molecule has 0 aliphatic carbocycles. The maximum atomic E-state index is 13.4. The first-order chi connectivity index (χ1) is 7.10. The van der Waals surface area contributed by atoms with Gasteiger partial charge < -0.3 is 10.8 Å². The van der Waals surface area contributed by atoms with Crippen LogP contribution in [-0.4, -0.2) is 11.7 Å². The highest BCUT2D eigenvalue weighted by Gasteiger charge is 2.20. The molecule has 0 spiro atoms. The van der Waals surface area contributed by atoms with E-state index in [1.807, 2.05) is 6.92 Å². The molecule has 15 heavy (non-hydrogen) atoms. The first-order valence-corrected chi connectivity index (χ1v) is 5.31. The summed E-state index contributed by atoms with van der Waals surface area (Å²) < 4.78 is 13.4. The SMILES string of the molecule is CCC(CN)C(O)c1ccc(Cl)cc1F. The molecule has 4 heteroatoms. The zero-order valence-corrected chi connectivity index (χ0v) is 9.34. The number of aliphatic hydroxyl groups is 1. The molecule has 1 aromatic carbocycles. The molecule has 1 rings (SSSR count). The lowest BCUT2D eigenvalue weighted by Gasteiger charge is -2.20. The lowest BCUT2D eigenvalue weighted by molar-refractivity contribution is 0.106. The zero-order chi connectivity index (χ0) is 11.4. The fourth-order valence-corrected chi connectivity index (χ4v) is 1.67. The Morgan fingerprint density at radius 1 is 1.53 bits per heavy atom. The van der Waals surface area contributed by atoms with Crippen LogP contribution in [0.3, 0.4) is 0 Å². The summed E-state index contributed by atoms with van der Waals surface area (Å²) >= 11 is 5.62. The first kappa shape index (κ1) is 12.4. The van der Waals surface area contributed by atoms with E-state index in [1.54, 1.807) is 6.07 Å². The van der Waals surface area contributed by atoms with Crippen molar-refractivity contribution in [2.24, 2.45) is 11.7 Å². The van der Waals surface area contributed by atoms with Crippen LogP contribution >= 0.6 is 11.6 Å². The van der Waals surface area contributed by atoms with E-state index < -0.39 is 11.9 Å². The Bertz CT molecular complexity index is 328. The second kappa shape index (κ2) is 5.45. The van der Waals surface area contributed by atoms with Gasteiger partial charge in [-0.2, -0.15) is 0 Å². The fourth-order valence-electron chi connectivity index (χ4n) is 1.51. The molecular formula is C11H15ClFNO. The van der Waals surface area contributed by atoms with E-state index in [2.05, 4.69) is 0 Å².